The summed E-state index contributed by atoms with van der Waals surface area (Å²) >= 11 is 6.60. The standard InChI is InChI=1S/C24H25ClN2O.ClH/c1-23(2)11-15(28)12-24(14-23)22-21(17-8-4-6-10-20(17)27-22)18(13-26-24)16-7-3-5-9-19(16)25;/h3-10,18,26-27H,11-14H2,1-2H3;1H. The minimum atomic E-state index is -0.328. The lowest BCUT2D eigenvalue weighted by Crippen LogP contribution is -2.55. The van der Waals surface area contributed by atoms with Crippen molar-refractivity contribution in [3.8, 4) is 0 Å². The van der Waals surface area contributed by atoms with E-state index in [0.717, 1.165) is 29.1 Å². The Morgan fingerprint density at radius 3 is 2.52 bits per heavy atom. The molecule has 2 N–H and O–H groups in total. The monoisotopic (exact) mass is 428 g/mol. The molecule has 3 aromatic rings. The number of carbonyl (C=O) groups excluding carboxylic acids is 1. The van der Waals surface area contributed by atoms with Crippen LogP contribution < -0.4 is 5.32 Å². The van der Waals surface area contributed by atoms with Gasteiger partial charge in [0.1, 0.15) is 5.78 Å². The van der Waals surface area contributed by atoms with Gasteiger partial charge in [-0.05, 0) is 35.1 Å². The quantitative estimate of drug-likeness (QED) is 0.502. The topological polar surface area (TPSA) is 44.9 Å². The molecule has 1 saturated carbocycles. The van der Waals surface area contributed by atoms with Crippen molar-refractivity contribution < 1.29 is 4.79 Å². The first kappa shape index (κ1) is 20.5. The zero-order valence-corrected chi connectivity index (χ0v) is 18.3. The summed E-state index contributed by atoms with van der Waals surface area (Å²) in [5, 5.41) is 5.83. The van der Waals surface area contributed by atoms with Gasteiger partial charge >= 0.3 is 0 Å². The number of para-hydroxylation sites is 1. The smallest absolute Gasteiger partial charge is 0.135 e. The number of carbonyl (C=O) groups is 1. The van der Waals surface area contributed by atoms with Gasteiger partial charge in [-0.15, -0.1) is 12.4 Å². The Morgan fingerprint density at radius 2 is 1.76 bits per heavy atom. The maximum absolute atomic E-state index is 12.7. The molecule has 1 fully saturated rings. The van der Waals surface area contributed by atoms with Crippen molar-refractivity contribution in [1.29, 1.82) is 0 Å². The molecule has 2 heterocycles. The number of Topliss-reactive ketones (excluding diaryl/α,β-unsaturated/α-hetero) is 1. The van der Waals surface area contributed by atoms with Gasteiger partial charge in [-0.1, -0.05) is 61.8 Å². The van der Waals surface area contributed by atoms with E-state index in [4.69, 9.17) is 11.6 Å². The summed E-state index contributed by atoms with van der Waals surface area (Å²) in [6.07, 6.45) is 2.15. The number of aromatic amines is 1. The average molecular weight is 429 g/mol. The molecule has 1 aromatic heterocycles. The van der Waals surface area contributed by atoms with Gasteiger partial charge in [-0.25, -0.2) is 0 Å². The summed E-state index contributed by atoms with van der Waals surface area (Å²) in [7, 11) is 0. The van der Waals surface area contributed by atoms with Gasteiger partial charge in [0.25, 0.3) is 0 Å². The highest BCUT2D eigenvalue weighted by molar-refractivity contribution is 6.31. The van der Waals surface area contributed by atoms with Crippen LogP contribution in [0.4, 0.5) is 0 Å². The predicted molar refractivity (Wildman–Crippen MR) is 121 cm³/mol. The normalized spacial score (nSPS) is 25.6. The van der Waals surface area contributed by atoms with E-state index >= 15 is 0 Å². The largest absolute Gasteiger partial charge is 0.357 e. The molecule has 2 unspecified atom stereocenters. The van der Waals surface area contributed by atoms with Gasteiger partial charge in [0, 0.05) is 46.9 Å². The van der Waals surface area contributed by atoms with Crippen molar-refractivity contribution in [3.05, 3.63) is 70.4 Å². The van der Waals surface area contributed by atoms with Crippen LogP contribution in [-0.2, 0) is 10.3 Å². The van der Waals surface area contributed by atoms with Gasteiger partial charge in [-0.2, -0.15) is 0 Å². The second-order valence-electron chi connectivity index (χ2n) is 9.23. The summed E-state index contributed by atoms with van der Waals surface area (Å²) in [6, 6.07) is 16.6. The molecule has 0 radical (unpaired) electrons. The molecule has 2 atom stereocenters. The minimum Gasteiger partial charge on any atom is -0.357 e. The van der Waals surface area contributed by atoms with E-state index < -0.39 is 0 Å². The van der Waals surface area contributed by atoms with Gasteiger partial charge in [-0.3, -0.25) is 4.79 Å². The number of aromatic nitrogens is 1. The van der Waals surface area contributed by atoms with Crippen LogP contribution >= 0.6 is 24.0 Å². The summed E-state index contributed by atoms with van der Waals surface area (Å²) in [5.41, 5.74) is 4.39. The first-order chi connectivity index (χ1) is 13.4. The Bertz CT molecular complexity index is 1090. The fourth-order valence-corrected chi connectivity index (χ4v) is 5.86. The molecule has 3 nitrogen and oxygen atoms in total. The number of H-pyrrole nitrogens is 1. The SMILES string of the molecule is CC1(C)CC(=O)CC2(C1)NCC(c1ccccc1Cl)c1c2[nH]c2ccccc12.Cl. The Hall–Kier alpha value is -1.81. The number of hydrogen-bond acceptors (Lipinski definition) is 2. The number of nitrogens with one attached hydrogen (secondary N) is 2. The van der Waals surface area contributed by atoms with Crippen LogP contribution in [0.5, 0.6) is 0 Å². The summed E-state index contributed by atoms with van der Waals surface area (Å²) in [6.45, 7) is 5.19. The Labute approximate surface area is 182 Å². The lowest BCUT2D eigenvalue weighted by molar-refractivity contribution is -0.126. The van der Waals surface area contributed by atoms with E-state index in [1.807, 2.05) is 18.2 Å². The number of ketones is 1. The van der Waals surface area contributed by atoms with Crippen LogP contribution in [0.2, 0.25) is 5.02 Å². The Morgan fingerprint density at radius 1 is 1.03 bits per heavy atom. The number of rotatable bonds is 1. The van der Waals surface area contributed by atoms with E-state index in [1.54, 1.807) is 0 Å². The second kappa shape index (κ2) is 7.16. The van der Waals surface area contributed by atoms with Gasteiger partial charge < -0.3 is 10.3 Å². The van der Waals surface area contributed by atoms with Crippen LogP contribution in [0.3, 0.4) is 0 Å². The fourth-order valence-electron chi connectivity index (χ4n) is 5.59. The Balaban J connectivity index is 0.00000205. The molecular weight excluding hydrogens is 403 g/mol. The molecule has 0 bridgehead atoms. The lowest BCUT2D eigenvalue weighted by Gasteiger charge is -2.48. The van der Waals surface area contributed by atoms with Crippen molar-refractivity contribution in [3.63, 3.8) is 0 Å². The van der Waals surface area contributed by atoms with E-state index in [-0.39, 0.29) is 29.3 Å². The van der Waals surface area contributed by atoms with Crippen molar-refractivity contribution in [2.75, 3.05) is 6.54 Å². The number of fused-ring (bicyclic) bond motifs is 4. The number of halogens is 2. The number of benzene rings is 2. The van der Waals surface area contributed by atoms with Crippen LogP contribution in [-0.4, -0.2) is 17.3 Å². The molecule has 152 valence electrons. The molecule has 0 amide bonds. The van der Waals surface area contributed by atoms with Crippen molar-refractivity contribution in [1.82, 2.24) is 10.3 Å². The summed E-state index contributed by atoms with van der Waals surface area (Å²) in [4.78, 5) is 16.4. The highest BCUT2D eigenvalue weighted by atomic mass is 35.5. The maximum atomic E-state index is 12.7. The second-order valence-corrected chi connectivity index (χ2v) is 9.64. The first-order valence-electron chi connectivity index (χ1n) is 10.0. The predicted octanol–water partition coefficient (Wildman–Crippen LogP) is 5.95. The van der Waals surface area contributed by atoms with E-state index in [2.05, 4.69) is 54.5 Å². The van der Waals surface area contributed by atoms with Crippen molar-refractivity contribution >= 4 is 40.7 Å². The zero-order chi connectivity index (χ0) is 19.5. The molecule has 5 rings (SSSR count). The molecular formula is C24H26Cl2N2O. The van der Waals surface area contributed by atoms with E-state index in [0.29, 0.717) is 18.6 Å². The molecule has 1 spiro atoms. The van der Waals surface area contributed by atoms with Crippen LogP contribution in [0.1, 0.15) is 55.8 Å². The molecule has 2 aromatic carbocycles. The van der Waals surface area contributed by atoms with E-state index in [1.165, 1.54) is 16.6 Å². The third kappa shape index (κ3) is 3.30. The third-order valence-electron chi connectivity index (χ3n) is 6.45. The summed E-state index contributed by atoms with van der Waals surface area (Å²) in [5.74, 6) is 0.496. The van der Waals surface area contributed by atoms with E-state index in [9.17, 15) is 4.79 Å². The molecule has 2 aliphatic rings. The first-order valence-corrected chi connectivity index (χ1v) is 10.4. The number of hydrogen-bond donors (Lipinski definition) is 2. The maximum Gasteiger partial charge on any atom is 0.135 e. The third-order valence-corrected chi connectivity index (χ3v) is 6.80. The van der Waals surface area contributed by atoms with Crippen molar-refractivity contribution in [2.45, 2.75) is 44.6 Å². The van der Waals surface area contributed by atoms with Crippen LogP contribution in [0.25, 0.3) is 10.9 Å². The molecule has 0 saturated heterocycles. The highest BCUT2D eigenvalue weighted by Gasteiger charge is 2.50. The fraction of sp³-hybridized carbons (Fsp3) is 0.375. The van der Waals surface area contributed by atoms with Gasteiger partial charge in [0.05, 0.1) is 5.54 Å². The van der Waals surface area contributed by atoms with Crippen molar-refractivity contribution in [2.24, 2.45) is 5.41 Å². The highest BCUT2D eigenvalue weighted by Crippen LogP contribution is 2.51. The van der Waals surface area contributed by atoms with Gasteiger partial charge in [0.15, 0.2) is 0 Å². The minimum absolute atomic E-state index is 0. The zero-order valence-electron chi connectivity index (χ0n) is 16.7. The molecule has 1 aliphatic carbocycles. The van der Waals surface area contributed by atoms with Gasteiger partial charge in [0.2, 0.25) is 0 Å². The average Bonchev–Trinajstić information content (AvgIpc) is 3.02. The summed E-state index contributed by atoms with van der Waals surface area (Å²) < 4.78 is 0. The molecule has 1 aliphatic heterocycles. The molecule has 5 heteroatoms. The lowest BCUT2D eigenvalue weighted by atomic mass is 9.63. The molecule has 29 heavy (non-hydrogen) atoms. The van der Waals surface area contributed by atoms with Crippen LogP contribution in [0.15, 0.2) is 48.5 Å². The van der Waals surface area contributed by atoms with Crippen LogP contribution in [0, 0.1) is 5.41 Å². The Kier molecular flexibility index (Phi) is 5.05.